The topological polar surface area (TPSA) is 65.7 Å². The molecule has 2 aromatic rings. The summed E-state index contributed by atoms with van der Waals surface area (Å²) >= 11 is 0. The van der Waals surface area contributed by atoms with Crippen LogP contribution in [0.25, 0.3) is 0 Å². The van der Waals surface area contributed by atoms with Crippen LogP contribution in [0.5, 0.6) is 0 Å². The summed E-state index contributed by atoms with van der Waals surface area (Å²) in [5, 5.41) is 13.1. The Labute approximate surface area is 130 Å². The van der Waals surface area contributed by atoms with Crippen LogP contribution in [0.15, 0.2) is 47.1 Å². The zero-order chi connectivity index (χ0) is 15.9. The first-order valence-corrected chi connectivity index (χ1v) is 7.40. The number of likely N-dealkylation sites (N-methyl/N-ethyl adjacent to an activating group) is 1. The number of hydrogen-bond acceptors (Lipinski definition) is 3. The first kappa shape index (κ1) is 16.1. The summed E-state index contributed by atoms with van der Waals surface area (Å²) in [7, 11) is 0. The van der Waals surface area contributed by atoms with E-state index in [1.54, 1.807) is 23.3 Å². The van der Waals surface area contributed by atoms with Crippen LogP contribution >= 0.6 is 0 Å². The molecule has 0 fully saturated rings. The van der Waals surface area contributed by atoms with Crippen molar-refractivity contribution >= 4 is 6.03 Å². The maximum Gasteiger partial charge on any atom is 0.317 e. The van der Waals surface area contributed by atoms with Gasteiger partial charge >= 0.3 is 6.03 Å². The Morgan fingerprint density at radius 3 is 2.64 bits per heavy atom. The van der Waals surface area contributed by atoms with E-state index >= 15 is 0 Å². The third-order valence-corrected chi connectivity index (χ3v) is 3.52. The lowest BCUT2D eigenvalue weighted by Crippen LogP contribution is -2.41. The number of carbonyl (C=O) groups is 1. The third-order valence-electron chi connectivity index (χ3n) is 3.52. The largest absolute Gasteiger partial charge is 0.467 e. The van der Waals surface area contributed by atoms with E-state index in [-0.39, 0.29) is 12.6 Å². The highest BCUT2D eigenvalue weighted by Gasteiger charge is 2.17. The fourth-order valence-corrected chi connectivity index (χ4v) is 2.15. The minimum absolute atomic E-state index is 0.218. The van der Waals surface area contributed by atoms with E-state index in [9.17, 15) is 9.90 Å². The van der Waals surface area contributed by atoms with E-state index in [0.29, 0.717) is 18.8 Å². The van der Waals surface area contributed by atoms with Crippen molar-refractivity contribution in [2.24, 2.45) is 0 Å². The highest BCUT2D eigenvalue weighted by molar-refractivity contribution is 5.74. The van der Waals surface area contributed by atoms with E-state index in [1.807, 2.05) is 38.1 Å². The van der Waals surface area contributed by atoms with Crippen LogP contribution in [0.2, 0.25) is 0 Å². The Balaban J connectivity index is 1.90. The molecular formula is C17H22N2O3. The molecule has 2 rings (SSSR count). The van der Waals surface area contributed by atoms with Crippen molar-refractivity contribution in [2.75, 3.05) is 13.1 Å². The fourth-order valence-electron chi connectivity index (χ4n) is 2.15. The second kappa shape index (κ2) is 7.66. The third kappa shape index (κ3) is 4.36. The Morgan fingerprint density at radius 2 is 2.05 bits per heavy atom. The molecule has 22 heavy (non-hydrogen) atoms. The lowest BCUT2D eigenvalue weighted by Gasteiger charge is -2.24. The molecule has 118 valence electrons. The molecule has 1 heterocycles. The van der Waals surface area contributed by atoms with Crippen molar-refractivity contribution in [3.05, 3.63) is 59.5 Å². The number of aliphatic hydroxyl groups excluding tert-OH is 1. The highest BCUT2D eigenvalue weighted by atomic mass is 16.3. The molecule has 0 saturated heterocycles. The Bertz CT molecular complexity index is 578. The van der Waals surface area contributed by atoms with E-state index in [1.165, 1.54) is 0 Å². The standard InChI is InChI=1S/C17H22N2O3/c1-3-19(17(21)18-11-15-5-4-10-22-15)12-16(20)14-8-6-13(2)7-9-14/h4-10,16,20H,3,11-12H2,1-2H3,(H,18,21). The van der Waals surface area contributed by atoms with Crippen molar-refractivity contribution in [1.29, 1.82) is 0 Å². The monoisotopic (exact) mass is 302 g/mol. The molecule has 0 bridgehead atoms. The summed E-state index contributed by atoms with van der Waals surface area (Å²) in [5.41, 5.74) is 1.95. The number of carbonyl (C=O) groups excluding carboxylic acids is 1. The molecule has 5 nitrogen and oxygen atoms in total. The molecule has 5 heteroatoms. The first-order valence-electron chi connectivity index (χ1n) is 7.40. The van der Waals surface area contributed by atoms with Crippen LogP contribution in [0.4, 0.5) is 4.79 Å². The van der Waals surface area contributed by atoms with Gasteiger partial charge in [-0.1, -0.05) is 29.8 Å². The molecule has 0 aliphatic carbocycles. The van der Waals surface area contributed by atoms with Crippen molar-refractivity contribution in [3.63, 3.8) is 0 Å². The molecule has 1 aromatic heterocycles. The average molecular weight is 302 g/mol. The molecule has 0 saturated carbocycles. The predicted molar refractivity (Wildman–Crippen MR) is 84.3 cm³/mol. The van der Waals surface area contributed by atoms with Crippen LogP contribution in [-0.2, 0) is 6.54 Å². The number of aliphatic hydroxyl groups is 1. The summed E-state index contributed by atoms with van der Waals surface area (Å²) in [6.07, 6.45) is 0.871. The molecule has 0 radical (unpaired) electrons. The number of benzene rings is 1. The molecule has 1 atom stereocenters. The van der Waals surface area contributed by atoms with E-state index in [4.69, 9.17) is 4.42 Å². The van der Waals surface area contributed by atoms with Gasteiger partial charge in [-0.2, -0.15) is 0 Å². The minimum atomic E-state index is -0.699. The van der Waals surface area contributed by atoms with Crippen LogP contribution in [0.1, 0.15) is 29.9 Å². The van der Waals surface area contributed by atoms with Gasteiger partial charge < -0.3 is 19.7 Å². The van der Waals surface area contributed by atoms with E-state index in [0.717, 1.165) is 11.1 Å². The fraction of sp³-hybridized carbons (Fsp3) is 0.353. The van der Waals surface area contributed by atoms with Crippen LogP contribution < -0.4 is 5.32 Å². The minimum Gasteiger partial charge on any atom is -0.467 e. The van der Waals surface area contributed by atoms with Crippen molar-refractivity contribution in [2.45, 2.75) is 26.5 Å². The number of rotatable bonds is 6. The maximum atomic E-state index is 12.2. The molecule has 2 N–H and O–H groups in total. The van der Waals surface area contributed by atoms with Crippen molar-refractivity contribution in [3.8, 4) is 0 Å². The van der Waals surface area contributed by atoms with Gasteiger partial charge in [-0.15, -0.1) is 0 Å². The number of amides is 2. The maximum absolute atomic E-state index is 12.2. The molecule has 2 amide bonds. The van der Waals surface area contributed by atoms with Gasteiger partial charge in [0.1, 0.15) is 5.76 Å². The number of nitrogens with zero attached hydrogens (tertiary/aromatic N) is 1. The lowest BCUT2D eigenvalue weighted by atomic mass is 10.1. The van der Waals surface area contributed by atoms with Crippen molar-refractivity contribution < 1.29 is 14.3 Å². The van der Waals surface area contributed by atoms with Gasteiger partial charge in [0, 0.05) is 6.54 Å². The Morgan fingerprint density at radius 1 is 1.32 bits per heavy atom. The normalized spacial score (nSPS) is 12.0. The van der Waals surface area contributed by atoms with Crippen LogP contribution in [0, 0.1) is 6.92 Å². The highest BCUT2D eigenvalue weighted by Crippen LogP contribution is 2.15. The van der Waals surface area contributed by atoms with Gasteiger partial charge in [0.25, 0.3) is 0 Å². The summed E-state index contributed by atoms with van der Waals surface area (Å²) in [4.78, 5) is 13.7. The summed E-state index contributed by atoms with van der Waals surface area (Å²) < 4.78 is 5.18. The Kier molecular flexibility index (Phi) is 5.61. The van der Waals surface area contributed by atoms with Crippen LogP contribution in [0.3, 0.4) is 0 Å². The number of urea groups is 1. The van der Waals surface area contributed by atoms with Gasteiger partial charge in [0.15, 0.2) is 0 Å². The first-order chi connectivity index (χ1) is 10.6. The molecule has 0 spiro atoms. The van der Waals surface area contributed by atoms with Gasteiger partial charge in [-0.3, -0.25) is 0 Å². The van der Waals surface area contributed by atoms with Crippen molar-refractivity contribution in [1.82, 2.24) is 10.2 Å². The lowest BCUT2D eigenvalue weighted by molar-refractivity contribution is 0.123. The smallest absolute Gasteiger partial charge is 0.317 e. The Hall–Kier alpha value is -2.27. The van der Waals surface area contributed by atoms with Crippen LogP contribution in [-0.4, -0.2) is 29.1 Å². The average Bonchev–Trinajstić information content (AvgIpc) is 3.04. The number of furan rings is 1. The SMILES string of the molecule is CCN(CC(O)c1ccc(C)cc1)C(=O)NCc1ccco1. The van der Waals surface area contributed by atoms with E-state index < -0.39 is 6.10 Å². The molecule has 1 unspecified atom stereocenters. The predicted octanol–water partition coefficient (Wildman–Crippen LogP) is 2.85. The molecule has 1 aromatic carbocycles. The zero-order valence-electron chi connectivity index (χ0n) is 13.0. The summed E-state index contributed by atoms with van der Waals surface area (Å²) in [6.45, 7) is 4.99. The number of aryl methyl sites for hydroxylation is 1. The van der Waals surface area contributed by atoms with Gasteiger partial charge in [0.2, 0.25) is 0 Å². The molecule has 0 aliphatic heterocycles. The molecular weight excluding hydrogens is 280 g/mol. The second-order valence-corrected chi connectivity index (χ2v) is 5.20. The van der Waals surface area contributed by atoms with E-state index in [2.05, 4.69) is 5.32 Å². The quantitative estimate of drug-likeness (QED) is 0.862. The summed E-state index contributed by atoms with van der Waals surface area (Å²) in [6, 6.07) is 11.0. The number of nitrogens with one attached hydrogen (secondary N) is 1. The zero-order valence-corrected chi connectivity index (χ0v) is 13.0. The number of hydrogen-bond donors (Lipinski definition) is 2. The van der Waals surface area contributed by atoms with Gasteiger partial charge in [-0.25, -0.2) is 4.79 Å². The molecule has 0 aliphatic rings. The van der Waals surface area contributed by atoms with Gasteiger partial charge in [0.05, 0.1) is 25.5 Å². The second-order valence-electron chi connectivity index (χ2n) is 5.20. The summed E-state index contributed by atoms with van der Waals surface area (Å²) in [5.74, 6) is 0.698. The van der Waals surface area contributed by atoms with Gasteiger partial charge in [-0.05, 0) is 31.5 Å².